The molecule has 4 nitrogen and oxygen atoms in total. The summed E-state index contributed by atoms with van der Waals surface area (Å²) in [5.74, 6) is -0.293. The van der Waals surface area contributed by atoms with Crippen molar-refractivity contribution in [2.75, 3.05) is 19.8 Å². The predicted octanol–water partition coefficient (Wildman–Crippen LogP) is 13.2. The maximum atomic E-state index is 11.9. The third kappa shape index (κ3) is 32.8. The largest absolute Gasteiger partial charge is 0.462 e. The van der Waals surface area contributed by atoms with Crippen LogP contribution < -0.4 is 0 Å². The quantitative estimate of drug-likeness (QED) is 0.0319. The lowest BCUT2D eigenvalue weighted by Gasteiger charge is -2.27. The summed E-state index contributed by atoms with van der Waals surface area (Å²) in [7, 11) is 0. The van der Waals surface area contributed by atoms with Crippen molar-refractivity contribution in [3.05, 3.63) is 12.7 Å². The van der Waals surface area contributed by atoms with E-state index in [1.807, 2.05) is 0 Å². The van der Waals surface area contributed by atoms with Gasteiger partial charge in [-0.25, -0.2) is 4.79 Å². The summed E-state index contributed by atoms with van der Waals surface area (Å²) >= 11 is 0. The third-order valence-electron chi connectivity index (χ3n) is 8.88. The average molecular weight is 637 g/mol. The van der Waals surface area contributed by atoms with E-state index in [0.717, 1.165) is 25.7 Å². The minimum atomic E-state index is -0.358. The van der Waals surface area contributed by atoms with Gasteiger partial charge in [0.05, 0.1) is 6.61 Å². The van der Waals surface area contributed by atoms with Crippen molar-refractivity contribution in [3.63, 3.8) is 0 Å². The predicted molar refractivity (Wildman–Crippen MR) is 196 cm³/mol. The van der Waals surface area contributed by atoms with Crippen LogP contribution >= 0.6 is 0 Å². The van der Waals surface area contributed by atoms with E-state index in [1.165, 1.54) is 134 Å². The van der Waals surface area contributed by atoms with E-state index in [9.17, 15) is 4.79 Å². The van der Waals surface area contributed by atoms with Gasteiger partial charge >= 0.3 is 5.97 Å². The number of rotatable bonds is 32. The number of hydrogen-bond acceptors (Lipinski definition) is 4. The minimum Gasteiger partial charge on any atom is -0.462 e. The van der Waals surface area contributed by atoms with Crippen molar-refractivity contribution in [2.45, 2.75) is 209 Å². The number of carbonyl (C=O) groups is 1. The minimum absolute atomic E-state index is 0.0650. The summed E-state index contributed by atoms with van der Waals surface area (Å²) in [6.45, 7) is 21.6. The Morgan fingerprint density at radius 2 is 0.956 bits per heavy atom. The Hall–Kier alpha value is -0.870. The second-order valence-corrected chi connectivity index (χ2v) is 16.2. The summed E-state index contributed by atoms with van der Waals surface area (Å²) < 4.78 is 18.4. The molecule has 1 unspecified atom stereocenters. The molecule has 0 amide bonds. The number of unbranched alkanes of at least 4 members (excludes halogenated alkanes) is 18. The molecule has 0 aliphatic rings. The first kappa shape index (κ1) is 44.1. The maximum Gasteiger partial charge on any atom is 0.330 e. The lowest BCUT2D eigenvalue weighted by Crippen LogP contribution is -2.32. The number of esters is 1. The summed E-state index contributed by atoms with van der Waals surface area (Å²) in [5, 5.41) is 0. The van der Waals surface area contributed by atoms with Gasteiger partial charge in [0.15, 0.2) is 6.29 Å². The molecule has 0 fully saturated rings. The molecule has 0 N–H and O–H groups in total. The molecule has 45 heavy (non-hydrogen) atoms. The molecule has 0 aromatic rings. The van der Waals surface area contributed by atoms with Crippen LogP contribution in [0.2, 0.25) is 0 Å². The van der Waals surface area contributed by atoms with Gasteiger partial charge in [-0.05, 0) is 42.9 Å². The molecule has 0 rings (SSSR count). The smallest absolute Gasteiger partial charge is 0.330 e. The molecule has 1 atom stereocenters. The van der Waals surface area contributed by atoms with E-state index in [0.29, 0.717) is 30.7 Å². The Morgan fingerprint density at radius 3 is 1.36 bits per heavy atom. The Morgan fingerprint density at radius 1 is 0.578 bits per heavy atom. The van der Waals surface area contributed by atoms with E-state index < -0.39 is 0 Å². The molecule has 268 valence electrons. The molecule has 0 heterocycles. The van der Waals surface area contributed by atoms with E-state index in [2.05, 4.69) is 55.0 Å². The number of carbonyl (C=O) groups excluding carboxylic acids is 1. The van der Waals surface area contributed by atoms with Crippen molar-refractivity contribution in [1.82, 2.24) is 0 Å². The van der Waals surface area contributed by atoms with Gasteiger partial charge in [-0.2, -0.15) is 0 Å². The lowest BCUT2D eigenvalue weighted by molar-refractivity contribution is -0.186. The van der Waals surface area contributed by atoms with Crippen molar-refractivity contribution in [2.24, 2.45) is 16.7 Å². The van der Waals surface area contributed by atoms with Gasteiger partial charge in [0.2, 0.25) is 0 Å². The topological polar surface area (TPSA) is 44.8 Å². The molecular weight excluding hydrogens is 556 g/mol. The zero-order valence-corrected chi connectivity index (χ0v) is 31.7. The van der Waals surface area contributed by atoms with Crippen LogP contribution in [0.15, 0.2) is 12.7 Å². The van der Waals surface area contributed by atoms with E-state index in [1.54, 1.807) is 0 Å². The van der Waals surface area contributed by atoms with Crippen LogP contribution in [0, 0.1) is 16.7 Å². The molecule has 0 aromatic carbocycles. The van der Waals surface area contributed by atoms with Crippen molar-refractivity contribution in [1.29, 1.82) is 0 Å². The fourth-order valence-electron chi connectivity index (χ4n) is 5.91. The fourth-order valence-corrected chi connectivity index (χ4v) is 5.91. The molecular formula is C41H80O4. The number of ether oxygens (including phenoxy) is 3. The van der Waals surface area contributed by atoms with Gasteiger partial charge in [0, 0.05) is 25.2 Å². The SMILES string of the molecule is C=CC(=O)OCC(CCCCCCCCC)C(OCCCCCCCCCC(C)(C)C)OCCCCCCCCCC(C)(C)C. The average Bonchev–Trinajstić information content (AvgIpc) is 2.97. The first-order valence-corrected chi connectivity index (χ1v) is 19.5. The first-order chi connectivity index (χ1) is 21.5. The standard InChI is InChI=1S/C41H80O4/c1-9-11-12-13-16-21-26-31-37(36-45-38(42)10-2)39(43-34-29-24-19-14-17-22-27-32-40(3,4)5)44-35-30-25-20-15-18-23-28-33-41(6,7)8/h10,37,39H,2,9,11-36H2,1,3-8H3. The van der Waals surface area contributed by atoms with Crippen molar-refractivity contribution < 1.29 is 19.0 Å². The lowest BCUT2D eigenvalue weighted by atomic mass is 9.89. The summed E-state index contributed by atoms with van der Waals surface area (Å²) in [6, 6.07) is 0. The molecule has 0 spiro atoms. The van der Waals surface area contributed by atoms with Crippen LogP contribution in [0.3, 0.4) is 0 Å². The van der Waals surface area contributed by atoms with E-state index in [4.69, 9.17) is 14.2 Å². The highest BCUT2D eigenvalue weighted by Gasteiger charge is 2.24. The summed E-state index contributed by atoms with van der Waals surface area (Å²) in [4.78, 5) is 11.9. The Balaban J connectivity index is 4.68. The van der Waals surface area contributed by atoms with Crippen LogP contribution in [0.1, 0.15) is 203 Å². The second-order valence-electron chi connectivity index (χ2n) is 16.2. The molecule has 0 aliphatic carbocycles. The molecule has 0 radical (unpaired) electrons. The molecule has 4 heteroatoms. The number of hydrogen-bond donors (Lipinski definition) is 0. The highest BCUT2D eigenvalue weighted by molar-refractivity contribution is 5.81. The van der Waals surface area contributed by atoms with Gasteiger partial charge in [-0.1, -0.05) is 177 Å². The molecule has 0 saturated heterocycles. The Kier molecular flexibility index (Phi) is 28.7. The second kappa shape index (κ2) is 29.3. The Labute approximate surface area is 282 Å². The van der Waals surface area contributed by atoms with Crippen LogP contribution in [0.4, 0.5) is 0 Å². The van der Waals surface area contributed by atoms with Crippen molar-refractivity contribution in [3.8, 4) is 0 Å². The van der Waals surface area contributed by atoms with Gasteiger partial charge < -0.3 is 14.2 Å². The van der Waals surface area contributed by atoms with Crippen LogP contribution in [0.5, 0.6) is 0 Å². The van der Waals surface area contributed by atoms with Crippen LogP contribution in [0.25, 0.3) is 0 Å². The van der Waals surface area contributed by atoms with Crippen molar-refractivity contribution >= 4 is 5.97 Å². The maximum absolute atomic E-state index is 11.9. The monoisotopic (exact) mass is 637 g/mol. The molecule has 0 aromatic heterocycles. The highest BCUT2D eigenvalue weighted by atomic mass is 16.7. The zero-order chi connectivity index (χ0) is 33.7. The third-order valence-corrected chi connectivity index (χ3v) is 8.88. The van der Waals surface area contributed by atoms with Gasteiger partial charge in [-0.15, -0.1) is 0 Å². The van der Waals surface area contributed by atoms with Crippen LogP contribution in [-0.2, 0) is 19.0 Å². The van der Waals surface area contributed by atoms with Crippen LogP contribution in [-0.4, -0.2) is 32.1 Å². The zero-order valence-electron chi connectivity index (χ0n) is 31.7. The van der Waals surface area contributed by atoms with Gasteiger partial charge in [0.25, 0.3) is 0 Å². The first-order valence-electron chi connectivity index (χ1n) is 19.5. The van der Waals surface area contributed by atoms with Gasteiger partial charge in [0.1, 0.15) is 0 Å². The molecule has 0 saturated carbocycles. The summed E-state index contributed by atoms with van der Waals surface area (Å²) in [6.07, 6.45) is 31.2. The molecule has 0 bridgehead atoms. The Bertz CT molecular complexity index is 625. The highest BCUT2D eigenvalue weighted by Crippen LogP contribution is 2.24. The van der Waals surface area contributed by atoms with Gasteiger partial charge in [-0.3, -0.25) is 0 Å². The van der Waals surface area contributed by atoms with E-state index in [-0.39, 0.29) is 18.2 Å². The molecule has 0 aliphatic heterocycles. The fraction of sp³-hybridized carbons (Fsp3) is 0.927. The summed E-state index contributed by atoms with van der Waals surface area (Å²) in [5.41, 5.74) is 0.913. The van der Waals surface area contributed by atoms with E-state index >= 15 is 0 Å². The normalized spacial score (nSPS) is 13.0.